The number of ether oxygens (including phenoxy) is 2. The highest BCUT2D eigenvalue weighted by atomic mass is 79.9. The minimum atomic E-state index is 0.102. The number of nitrogens with two attached hydrogens (primary N) is 1. The van der Waals surface area contributed by atoms with Crippen LogP contribution in [0.4, 0.5) is 0 Å². The van der Waals surface area contributed by atoms with Crippen molar-refractivity contribution in [3.63, 3.8) is 0 Å². The van der Waals surface area contributed by atoms with Gasteiger partial charge in [-0.2, -0.15) is 0 Å². The molecule has 1 aromatic rings. The maximum Gasteiger partial charge on any atom is 0.137 e. The second-order valence-electron chi connectivity index (χ2n) is 6.55. The van der Waals surface area contributed by atoms with Gasteiger partial charge in [-0.05, 0) is 28.8 Å². The van der Waals surface area contributed by atoms with E-state index < -0.39 is 0 Å². The van der Waals surface area contributed by atoms with E-state index in [0.717, 1.165) is 48.6 Å². The molecule has 1 saturated carbocycles. The van der Waals surface area contributed by atoms with Crippen molar-refractivity contribution >= 4 is 15.9 Å². The molecule has 1 fully saturated rings. The van der Waals surface area contributed by atoms with Crippen molar-refractivity contribution in [1.29, 1.82) is 0 Å². The van der Waals surface area contributed by atoms with Crippen molar-refractivity contribution in [2.75, 3.05) is 19.8 Å². The highest BCUT2D eigenvalue weighted by Crippen LogP contribution is 2.53. The zero-order valence-corrected chi connectivity index (χ0v) is 13.9. The van der Waals surface area contributed by atoms with Gasteiger partial charge in [0.05, 0.1) is 17.7 Å². The third-order valence-electron chi connectivity index (χ3n) is 5.47. The van der Waals surface area contributed by atoms with Gasteiger partial charge in [0.25, 0.3) is 0 Å². The Morgan fingerprint density at radius 3 is 2.33 bits per heavy atom. The highest BCUT2D eigenvalue weighted by molar-refractivity contribution is 9.10. The van der Waals surface area contributed by atoms with Crippen LogP contribution in [0.2, 0.25) is 0 Å². The molecule has 1 aromatic carbocycles. The van der Waals surface area contributed by atoms with E-state index in [0.29, 0.717) is 0 Å². The summed E-state index contributed by atoms with van der Waals surface area (Å²) in [5.41, 5.74) is 10.4. The van der Waals surface area contributed by atoms with E-state index in [4.69, 9.17) is 15.2 Å². The van der Waals surface area contributed by atoms with E-state index in [9.17, 15) is 0 Å². The lowest BCUT2D eigenvalue weighted by atomic mass is 9.67. The van der Waals surface area contributed by atoms with Gasteiger partial charge in [-0.1, -0.05) is 19.3 Å². The number of benzene rings is 1. The molecule has 3 aliphatic rings. The Morgan fingerprint density at radius 2 is 1.62 bits per heavy atom. The van der Waals surface area contributed by atoms with Crippen molar-refractivity contribution in [3.05, 3.63) is 21.2 Å². The molecule has 114 valence electrons. The Bertz CT molecular complexity index is 544. The van der Waals surface area contributed by atoms with E-state index in [1.54, 1.807) is 0 Å². The van der Waals surface area contributed by atoms with Gasteiger partial charge in [-0.25, -0.2) is 0 Å². The van der Waals surface area contributed by atoms with E-state index in [1.807, 2.05) is 0 Å². The van der Waals surface area contributed by atoms with Crippen LogP contribution in [0.1, 0.15) is 48.8 Å². The van der Waals surface area contributed by atoms with Crippen LogP contribution >= 0.6 is 15.9 Å². The van der Waals surface area contributed by atoms with Crippen LogP contribution in [0.5, 0.6) is 11.5 Å². The van der Waals surface area contributed by atoms with Gasteiger partial charge in [0.2, 0.25) is 0 Å². The Balaban J connectivity index is 1.96. The molecule has 4 heteroatoms. The fourth-order valence-electron chi connectivity index (χ4n) is 4.40. The van der Waals surface area contributed by atoms with Gasteiger partial charge in [0, 0.05) is 41.5 Å². The molecule has 4 rings (SSSR count). The SMILES string of the molecule is NCC1(c2c3c(c(Br)c4c2OCC4)OCC3)CCCCC1. The molecule has 0 saturated heterocycles. The third kappa shape index (κ3) is 1.95. The van der Waals surface area contributed by atoms with Gasteiger partial charge in [-0.3, -0.25) is 0 Å². The second-order valence-corrected chi connectivity index (χ2v) is 7.34. The summed E-state index contributed by atoms with van der Waals surface area (Å²) in [6, 6.07) is 0. The smallest absolute Gasteiger partial charge is 0.137 e. The Hall–Kier alpha value is -0.740. The van der Waals surface area contributed by atoms with Gasteiger partial charge < -0.3 is 15.2 Å². The number of halogens is 1. The molecule has 0 aromatic heterocycles. The fourth-order valence-corrected chi connectivity index (χ4v) is 5.13. The summed E-state index contributed by atoms with van der Waals surface area (Å²) in [5, 5.41) is 0. The Kier molecular flexibility index (Phi) is 3.42. The first kappa shape index (κ1) is 13.9. The molecule has 2 heterocycles. The van der Waals surface area contributed by atoms with Gasteiger partial charge >= 0.3 is 0 Å². The van der Waals surface area contributed by atoms with Gasteiger partial charge in [0.1, 0.15) is 11.5 Å². The molecular formula is C17H22BrNO2. The molecule has 0 radical (unpaired) electrons. The van der Waals surface area contributed by atoms with Crippen LogP contribution < -0.4 is 15.2 Å². The summed E-state index contributed by atoms with van der Waals surface area (Å²) in [6.45, 7) is 2.28. The number of hydrogen-bond donors (Lipinski definition) is 1. The maximum atomic E-state index is 6.29. The quantitative estimate of drug-likeness (QED) is 0.886. The van der Waals surface area contributed by atoms with E-state index in [2.05, 4.69) is 15.9 Å². The van der Waals surface area contributed by atoms with E-state index in [1.165, 1.54) is 48.8 Å². The lowest BCUT2D eigenvalue weighted by Crippen LogP contribution is -2.38. The number of hydrogen-bond acceptors (Lipinski definition) is 3. The lowest BCUT2D eigenvalue weighted by Gasteiger charge is -2.39. The molecular weight excluding hydrogens is 330 g/mol. The lowest BCUT2D eigenvalue weighted by molar-refractivity contribution is 0.281. The Morgan fingerprint density at radius 1 is 0.952 bits per heavy atom. The number of rotatable bonds is 2. The van der Waals surface area contributed by atoms with Crippen LogP contribution in [0.15, 0.2) is 4.47 Å². The summed E-state index contributed by atoms with van der Waals surface area (Å²) in [7, 11) is 0. The topological polar surface area (TPSA) is 44.5 Å². The summed E-state index contributed by atoms with van der Waals surface area (Å²) in [4.78, 5) is 0. The first-order valence-electron chi connectivity index (χ1n) is 8.10. The molecule has 21 heavy (non-hydrogen) atoms. The molecule has 0 amide bonds. The minimum Gasteiger partial charge on any atom is -0.493 e. The van der Waals surface area contributed by atoms with Crippen molar-refractivity contribution in [1.82, 2.24) is 0 Å². The third-order valence-corrected chi connectivity index (χ3v) is 6.31. The monoisotopic (exact) mass is 351 g/mol. The zero-order chi connectivity index (χ0) is 14.4. The number of fused-ring (bicyclic) bond motifs is 2. The Labute approximate surface area is 134 Å². The largest absolute Gasteiger partial charge is 0.493 e. The first-order chi connectivity index (χ1) is 10.3. The van der Waals surface area contributed by atoms with Gasteiger partial charge in [0.15, 0.2) is 0 Å². The highest BCUT2D eigenvalue weighted by Gasteiger charge is 2.42. The summed E-state index contributed by atoms with van der Waals surface area (Å²) in [6.07, 6.45) is 8.22. The molecule has 1 aliphatic carbocycles. The van der Waals surface area contributed by atoms with Crippen LogP contribution in [-0.2, 0) is 18.3 Å². The van der Waals surface area contributed by atoms with E-state index in [-0.39, 0.29) is 5.41 Å². The molecule has 2 aliphatic heterocycles. The maximum absolute atomic E-state index is 6.29. The summed E-state index contributed by atoms with van der Waals surface area (Å²) in [5.74, 6) is 2.19. The summed E-state index contributed by atoms with van der Waals surface area (Å²) < 4.78 is 13.1. The fraction of sp³-hybridized carbons (Fsp3) is 0.647. The molecule has 0 bridgehead atoms. The van der Waals surface area contributed by atoms with Crippen molar-refractivity contribution in [2.24, 2.45) is 5.73 Å². The minimum absolute atomic E-state index is 0.102. The zero-order valence-electron chi connectivity index (χ0n) is 12.3. The predicted molar refractivity (Wildman–Crippen MR) is 86.4 cm³/mol. The predicted octanol–water partition coefficient (Wildman–Crippen LogP) is 3.48. The average Bonchev–Trinajstić information content (AvgIpc) is 3.17. The van der Waals surface area contributed by atoms with Crippen molar-refractivity contribution in [2.45, 2.75) is 50.4 Å². The van der Waals surface area contributed by atoms with E-state index >= 15 is 0 Å². The van der Waals surface area contributed by atoms with Crippen LogP contribution in [0.3, 0.4) is 0 Å². The van der Waals surface area contributed by atoms with Crippen LogP contribution in [0, 0.1) is 0 Å². The standard InChI is InChI=1S/C17H22BrNO2/c18-14-12-5-9-20-15(12)13(11-4-8-21-16(11)14)17(10-19)6-2-1-3-7-17/h1-10,19H2. The normalized spacial score (nSPS) is 22.4. The molecule has 0 spiro atoms. The summed E-state index contributed by atoms with van der Waals surface area (Å²) >= 11 is 3.74. The van der Waals surface area contributed by atoms with Crippen LogP contribution in [-0.4, -0.2) is 19.8 Å². The van der Waals surface area contributed by atoms with Crippen molar-refractivity contribution < 1.29 is 9.47 Å². The molecule has 3 nitrogen and oxygen atoms in total. The van der Waals surface area contributed by atoms with Crippen molar-refractivity contribution in [3.8, 4) is 11.5 Å². The van der Waals surface area contributed by atoms with Gasteiger partial charge in [-0.15, -0.1) is 0 Å². The second kappa shape index (κ2) is 5.17. The molecule has 0 atom stereocenters. The molecule has 2 N–H and O–H groups in total. The first-order valence-corrected chi connectivity index (χ1v) is 8.89. The average molecular weight is 352 g/mol. The molecule has 0 unspecified atom stereocenters. The van der Waals surface area contributed by atoms with Crippen LogP contribution in [0.25, 0.3) is 0 Å².